The molecule has 2 unspecified atom stereocenters. The van der Waals surface area contributed by atoms with Crippen LogP contribution in [0.4, 0.5) is 0 Å². The molecule has 0 bridgehead atoms. The minimum Gasteiger partial charge on any atom is -0.272 e. The fourth-order valence-electron chi connectivity index (χ4n) is 2.41. The first kappa shape index (κ1) is 14.2. The van der Waals surface area contributed by atoms with E-state index in [1.54, 1.807) is 0 Å². The van der Waals surface area contributed by atoms with Crippen molar-refractivity contribution in [3.05, 3.63) is 17.0 Å². The van der Waals surface area contributed by atoms with Crippen LogP contribution in [0.5, 0.6) is 0 Å². The molecule has 3 N–H and O–H groups in total. The maximum Gasteiger partial charge on any atom is 0.0628 e. The Morgan fingerprint density at radius 2 is 2.06 bits per heavy atom. The minimum absolute atomic E-state index is 0.330. The number of hydrogen-bond acceptors (Lipinski definition) is 3. The van der Waals surface area contributed by atoms with E-state index in [1.165, 1.54) is 24.1 Å². The van der Waals surface area contributed by atoms with E-state index in [-0.39, 0.29) is 0 Å². The number of aryl methyl sites for hydroxylation is 2. The lowest BCUT2D eigenvalue weighted by Crippen LogP contribution is -2.41. The molecule has 0 saturated carbocycles. The third-order valence-electron chi connectivity index (χ3n) is 3.73. The SMILES string of the molecule is CCCC(C)C(Cc1c(C)nn(C)c1C)NN. The van der Waals surface area contributed by atoms with E-state index >= 15 is 0 Å². The van der Waals surface area contributed by atoms with Crippen LogP contribution in [-0.2, 0) is 13.5 Å². The molecule has 0 saturated heterocycles. The molecule has 0 radical (unpaired) electrons. The molecule has 1 heterocycles. The normalized spacial score (nSPS) is 14.9. The van der Waals surface area contributed by atoms with Gasteiger partial charge < -0.3 is 0 Å². The molecule has 98 valence electrons. The first-order valence-electron chi connectivity index (χ1n) is 6.46. The number of nitrogens with one attached hydrogen (secondary N) is 1. The van der Waals surface area contributed by atoms with Crippen molar-refractivity contribution < 1.29 is 0 Å². The molecule has 1 aromatic heterocycles. The van der Waals surface area contributed by atoms with Crippen molar-refractivity contribution in [3.63, 3.8) is 0 Å². The minimum atomic E-state index is 0.330. The van der Waals surface area contributed by atoms with E-state index in [4.69, 9.17) is 5.84 Å². The summed E-state index contributed by atoms with van der Waals surface area (Å²) < 4.78 is 1.95. The van der Waals surface area contributed by atoms with E-state index in [0.29, 0.717) is 12.0 Å². The Kier molecular flexibility index (Phi) is 5.15. The number of nitrogens with two attached hydrogens (primary N) is 1. The van der Waals surface area contributed by atoms with Crippen molar-refractivity contribution >= 4 is 0 Å². The second kappa shape index (κ2) is 6.17. The van der Waals surface area contributed by atoms with Gasteiger partial charge in [-0.2, -0.15) is 5.10 Å². The quantitative estimate of drug-likeness (QED) is 0.587. The number of rotatable bonds is 6. The summed E-state index contributed by atoms with van der Waals surface area (Å²) in [5, 5.41) is 4.45. The molecule has 0 aromatic carbocycles. The smallest absolute Gasteiger partial charge is 0.0628 e. The number of nitrogens with zero attached hydrogens (tertiary/aromatic N) is 2. The maximum absolute atomic E-state index is 5.68. The van der Waals surface area contributed by atoms with Crippen LogP contribution >= 0.6 is 0 Å². The van der Waals surface area contributed by atoms with Gasteiger partial charge in [-0.25, -0.2) is 0 Å². The molecule has 4 nitrogen and oxygen atoms in total. The number of hydrazine groups is 1. The average molecular weight is 238 g/mol. The molecule has 1 rings (SSSR count). The highest BCUT2D eigenvalue weighted by molar-refractivity contribution is 5.25. The Balaban J connectivity index is 2.80. The first-order chi connectivity index (χ1) is 8.01. The summed E-state index contributed by atoms with van der Waals surface area (Å²) >= 11 is 0. The number of aromatic nitrogens is 2. The van der Waals surface area contributed by atoms with E-state index in [2.05, 4.69) is 38.2 Å². The third-order valence-corrected chi connectivity index (χ3v) is 3.73. The van der Waals surface area contributed by atoms with Gasteiger partial charge in [0, 0.05) is 18.8 Å². The summed E-state index contributed by atoms with van der Waals surface area (Å²) in [6, 6.07) is 0.330. The van der Waals surface area contributed by atoms with Gasteiger partial charge in [-0.15, -0.1) is 0 Å². The zero-order chi connectivity index (χ0) is 13.0. The van der Waals surface area contributed by atoms with Crippen molar-refractivity contribution in [2.24, 2.45) is 18.8 Å². The molecular formula is C13H26N4. The summed E-state index contributed by atoms with van der Waals surface area (Å²) in [6.45, 7) is 8.66. The highest BCUT2D eigenvalue weighted by atomic mass is 15.3. The van der Waals surface area contributed by atoms with Crippen LogP contribution in [0.2, 0.25) is 0 Å². The molecule has 0 spiro atoms. The molecule has 0 fully saturated rings. The average Bonchev–Trinajstić information content (AvgIpc) is 2.51. The van der Waals surface area contributed by atoms with Crippen LogP contribution < -0.4 is 11.3 Å². The highest BCUT2D eigenvalue weighted by Crippen LogP contribution is 2.19. The van der Waals surface area contributed by atoms with Crippen LogP contribution in [0, 0.1) is 19.8 Å². The monoisotopic (exact) mass is 238 g/mol. The predicted molar refractivity (Wildman–Crippen MR) is 71.6 cm³/mol. The molecule has 17 heavy (non-hydrogen) atoms. The van der Waals surface area contributed by atoms with Crippen molar-refractivity contribution in [1.29, 1.82) is 0 Å². The van der Waals surface area contributed by atoms with Gasteiger partial charge in [-0.3, -0.25) is 16.0 Å². The topological polar surface area (TPSA) is 55.9 Å². The first-order valence-corrected chi connectivity index (χ1v) is 6.46. The van der Waals surface area contributed by atoms with Gasteiger partial charge in [-0.05, 0) is 38.2 Å². The Bertz CT molecular complexity index is 357. The van der Waals surface area contributed by atoms with Crippen molar-refractivity contribution in [2.75, 3.05) is 0 Å². The van der Waals surface area contributed by atoms with Crippen LogP contribution in [0.25, 0.3) is 0 Å². The summed E-state index contributed by atoms with van der Waals surface area (Å²) in [6.07, 6.45) is 3.36. The molecular weight excluding hydrogens is 212 g/mol. The molecule has 0 aliphatic rings. The highest BCUT2D eigenvalue weighted by Gasteiger charge is 2.19. The van der Waals surface area contributed by atoms with E-state index in [9.17, 15) is 0 Å². The van der Waals surface area contributed by atoms with Gasteiger partial charge in [-0.1, -0.05) is 20.3 Å². The Labute approximate surface area is 105 Å². The van der Waals surface area contributed by atoms with E-state index in [1.807, 2.05) is 11.7 Å². The molecule has 0 aliphatic carbocycles. The van der Waals surface area contributed by atoms with Gasteiger partial charge >= 0.3 is 0 Å². The zero-order valence-corrected chi connectivity index (χ0v) is 11.7. The third kappa shape index (κ3) is 3.30. The van der Waals surface area contributed by atoms with Gasteiger partial charge in [0.25, 0.3) is 0 Å². The van der Waals surface area contributed by atoms with Crippen molar-refractivity contribution in [1.82, 2.24) is 15.2 Å². The molecule has 0 amide bonds. The second-order valence-electron chi connectivity index (χ2n) is 5.02. The van der Waals surface area contributed by atoms with Crippen LogP contribution in [0.1, 0.15) is 43.6 Å². The van der Waals surface area contributed by atoms with Gasteiger partial charge in [0.1, 0.15) is 0 Å². The van der Waals surface area contributed by atoms with Crippen molar-refractivity contribution in [3.8, 4) is 0 Å². The van der Waals surface area contributed by atoms with Gasteiger partial charge in [0.2, 0.25) is 0 Å². The fraction of sp³-hybridized carbons (Fsp3) is 0.769. The van der Waals surface area contributed by atoms with Crippen LogP contribution in [0.3, 0.4) is 0 Å². The standard InChI is InChI=1S/C13H26N4/c1-6-7-9(2)13(15-14)8-12-10(3)16-17(5)11(12)4/h9,13,15H,6-8,14H2,1-5H3. The molecule has 0 aliphatic heterocycles. The van der Waals surface area contributed by atoms with Crippen molar-refractivity contribution in [2.45, 2.75) is 53.0 Å². The Hall–Kier alpha value is -0.870. The summed E-state index contributed by atoms with van der Waals surface area (Å²) in [5.74, 6) is 6.27. The summed E-state index contributed by atoms with van der Waals surface area (Å²) in [4.78, 5) is 0. The van der Waals surface area contributed by atoms with Crippen LogP contribution in [0.15, 0.2) is 0 Å². The second-order valence-corrected chi connectivity index (χ2v) is 5.02. The molecule has 1 aromatic rings. The van der Waals surface area contributed by atoms with E-state index < -0.39 is 0 Å². The van der Waals surface area contributed by atoms with Gasteiger partial charge in [0.05, 0.1) is 5.69 Å². The Morgan fingerprint density at radius 3 is 2.47 bits per heavy atom. The lowest BCUT2D eigenvalue weighted by Gasteiger charge is -2.23. The summed E-state index contributed by atoms with van der Waals surface area (Å²) in [7, 11) is 1.99. The fourth-order valence-corrected chi connectivity index (χ4v) is 2.41. The zero-order valence-electron chi connectivity index (χ0n) is 11.7. The molecule has 2 atom stereocenters. The predicted octanol–water partition coefficient (Wildman–Crippen LogP) is 1.85. The lowest BCUT2D eigenvalue weighted by molar-refractivity contribution is 0.356. The largest absolute Gasteiger partial charge is 0.272 e. The maximum atomic E-state index is 5.68. The lowest BCUT2D eigenvalue weighted by atomic mass is 9.91. The number of hydrogen-bond donors (Lipinski definition) is 2. The molecule has 4 heteroatoms. The van der Waals surface area contributed by atoms with Crippen LogP contribution in [-0.4, -0.2) is 15.8 Å². The summed E-state index contributed by atoms with van der Waals surface area (Å²) in [5.41, 5.74) is 6.66. The Morgan fingerprint density at radius 1 is 1.41 bits per heavy atom. The van der Waals surface area contributed by atoms with E-state index in [0.717, 1.165) is 12.1 Å². The van der Waals surface area contributed by atoms with Gasteiger partial charge in [0.15, 0.2) is 0 Å².